The third kappa shape index (κ3) is 5.06. The Morgan fingerprint density at radius 1 is 1.14 bits per heavy atom. The predicted octanol–water partition coefficient (Wildman–Crippen LogP) is 3.36. The van der Waals surface area contributed by atoms with Crippen molar-refractivity contribution in [3.05, 3.63) is 35.4 Å². The molecule has 1 saturated carbocycles. The van der Waals surface area contributed by atoms with Gasteiger partial charge in [-0.2, -0.15) is 0 Å². The monoisotopic (exact) mass is 387 g/mol. The molecule has 3 N–H and O–H groups in total. The van der Waals surface area contributed by atoms with Gasteiger partial charge in [0.15, 0.2) is 5.96 Å². The third-order valence-corrected chi connectivity index (χ3v) is 6.44. The molecule has 28 heavy (non-hydrogen) atoms. The van der Waals surface area contributed by atoms with Crippen LogP contribution in [0.25, 0.3) is 0 Å². The van der Waals surface area contributed by atoms with Gasteiger partial charge in [0.2, 0.25) is 0 Å². The van der Waals surface area contributed by atoms with Gasteiger partial charge in [0.25, 0.3) is 0 Å². The lowest BCUT2D eigenvalue weighted by atomic mass is 9.83. The van der Waals surface area contributed by atoms with E-state index in [4.69, 9.17) is 9.73 Å². The first kappa shape index (κ1) is 21.1. The molecule has 0 bridgehead atoms. The highest BCUT2D eigenvalue weighted by molar-refractivity contribution is 5.79. The topological polar surface area (TPSA) is 65.9 Å². The molecule has 1 aromatic carbocycles. The van der Waals surface area contributed by atoms with E-state index in [0.29, 0.717) is 6.54 Å². The summed E-state index contributed by atoms with van der Waals surface area (Å²) >= 11 is 0. The lowest BCUT2D eigenvalue weighted by molar-refractivity contribution is 0.0432. The van der Waals surface area contributed by atoms with Gasteiger partial charge in [-0.25, -0.2) is 0 Å². The number of hydrogen-bond acceptors (Lipinski definition) is 3. The molecule has 1 atom stereocenters. The van der Waals surface area contributed by atoms with Crippen molar-refractivity contribution in [3.8, 4) is 0 Å². The van der Waals surface area contributed by atoms with Crippen LogP contribution in [0.2, 0.25) is 0 Å². The molecule has 2 aliphatic rings. The molecule has 0 aromatic heterocycles. The summed E-state index contributed by atoms with van der Waals surface area (Å²) in [5.41, 5.74) is 1.78. The normalized spacial score (nSPS) is 23.6. The Morgan fingerprint density at radius 2 is 1.93 bits per heavy atom. The van der Waals surface area contributed by atoms with Crippen molar-refractivity contribution in [2.24, 2.45) is 10.4 Å². The average Bonchev–Trinajstić information content (AvgIpc) is 3.31. The van der Waals surface area contributed by atoms with Crippen LogP contribution < -0.4 is 10.6 Å². The maximum atomic E-state index is 11.2. The molecule has 0 radical (unpaired) electrons. The summed E-state index contributed by atoms with van der Waals surface area (Å²) < 4.78 is 5.62. The van der Waals surface area contributed by atoms with Crippen LogP contribution in [0.15, 0.2) is 29.3 Å². The van der Waals surface area contributed by atoms with Crippen LogP contribution in [0.3, 0.4) is 0 Å². The largest absolute Gasteiger partial charge is 0.383 e. The lowest BCUT2D eigenvalue weighted by Gasteiger charge is -2.28. The summed E-state index contributed by atoms with van der Waals surface area (Å²) in [6.07, 6.45) is 7.84. The number of aryl methyl sites for hydroxylation is 1. The Morgan fingerprint density at radius 3 is 2.68 bits per heavy atom. The Kier molecular flexibility index (Phi) is 7.36. The van der Waals surface area contributed by atoms with Crippen molar-refractivity contribution < 1.29 is 9.84 Å². The smallest absolute Gasteiger partial charge is 0.191 e. The van der Waals surface area contributed by atoms with E-state index in [2.05, 4.69) is 36.6 Å². The number of guanidine groups is 1. The Balaban J connectivity index is 1.63. The highest BCUT2D eigenvalue weighted by Gasteiger charge is 2.37. The molecule has 0 saturated heterocycles. The minimum atomic E-state index is -0.813. The lowest BCUT2D eigenvalue weighted by Crippen LogP contribution is -2.45. The van der Waals surface area contributed by atoms with Gasteiger partial charge in [-0.15, -0.1) is 0 Å². The molecule has 1 unspecified atom stereocenters. The minimum absolute atomic E-state index is 0.272. The first-order chi connectivity index (χ1) is 13.6. The van der Waals surface area contributed by atoms with E-state index in [1.165, 1.54) is 31.2 Å². The fourth-order valence-corrected chi connectivity index (χ4v) is 4.72. The fourth-order valence-electron chi connectivity index (χ4n) is 4.72. The summed E-state index contributed by atoms with van der Waals surface area (Å²) in [5.74, 6) is 0.808. The molecule has 1 fully saturated rings. The second-order valence-electron chi connectivity index (χ2n) is 8.39. The number of hydrogen-bond donors (Lipinski definition) is 3. The highest BCUT2D eigenvalue weighted by Crippen LogP contribution is 2.41. The first-order valence-corrected chi connectivity index (χ1v) is 11.0. The molecule has 0 heterocycles. The van der Waals surface area contributed by atoms with Crippen molar-refractivity contribution in [1.82, 2.24) is 10.6 Å². The second kappa shape index (κ2) is 9.75. The summed E-state index contributed by atoms with van der Waals surface area (Å²) in [5, 5.41) is 17.9. The van der Waals surface area contributed by atoms with Crippen molar-refractivity contribution >= 4 is 5.96 Å². The van der Waals surface area contributed by atoms with Crippen LogP contribution in [-0.4, -0.2) is 43.9 Å². The summed E-state index contributed by atoms with van der Waals surface area (Å²) in [6.45, 7) is 7.87. The number of fused-ring (bicyclic) bond motifs is 1. The summed E-state index contributed by atoms with van der Waals surface area (Å²) in [6, 6.07) is 8.23. The zero-order valence-electron chi connectivity index (χ0n) is 17.6. The molecule has 0 amide bonds. The van der Waals surface area contributed by atoms with E-state index in [1.54, 1.807) is 0 Å². The highest BCUT2D eigenvalue weighted by atomic mass is 16.5. The zero-order chi connectivity index (χ0) is 19.9. The van der Waals surface area contributed by atoms with Crippen LogP contribution in [0, 0.1) is 5.41 Å². The van der Waals surface area contributed by atoms with E-state index in [-0.39, 0.29) is 5.41 Å². The average molecular weight is 388 g/mol. The number of aliphatic hydroxyl groups is 1. The second-order valence-corrected chi connectivity index (χ2v) is 8.39. The van der Waals surface area contributed by atoms with Gasteiger partial charge >= 0.3 is 0 Å². The van der Waals surface area contributed by atoms with E-state index in [1.807, 2.05) is 12.1 Å². The van der Waals surface area contributed by atoms with Crippen molar-refractivity contribution in [3.63, 3.8) is 0 Å². The van der Waals surface area contributed by atoms with Crippen molar-refractivity contribution in [1.29, 1.82) is 0 Å². The Labute approximate surface area is 170 Å². The number of ether oxygens (including phenoxy) is 1. The van der Waals surface area contributed by atoms with Crippen LogP contribution in [0.5, 0.6) is 0 Å². The predicted molar refractivity (Wildman–Crippen MR) is 115 cm³/mol. The van der Waals surface area contributed by atoms with Gasteiger partial charge in [0.1, 0.15) is 5.60 Å². The molecular formula is C23H37N3O2. The molecule has 0 aliphatic heterocycles. The number of aliphatic imine (C=N–C) groups is 1. The van der Waals surface area contributed by atoms with E-state index < -0.39 is 5.60 Å². The number of rotatable bonds is 9. The van der Waals surface area contributed by atoms with E-state index >= 15 is 0 Å². The van der Waals surface area contributed by atoms with Crippen LogP contribution in [0.1, 0.15) is 63.5 Å². The maximum absolute atomic E-state index is 11.2. The van der Waals surface area contributed by atoms with Gasteiger partial charge in [0.05, 0.1) is 6.54 Å². The first-order valence-electron chi connectivity index (χ1n) is 11.0. The zero-order valence-corrected chi connectivity index (χ0v) is 17.6. The number of nitrogens with zero attached hydrogens (tertiary/aromatic N) is 1. The molecular weight excluding hydrogens is 350 g/mol. The van der Waals surface area contributed by atoms with Gasteiger partial charge in [0, 0.05) is 26.3 Å². The van der Waals surface area contributed by atoms with E-state index in [0.717, 1.165) is 57.1 Å². The number of benzene rings is 1. The third-order valence-electron chi connectivity index (χ3n) is 6.44. The minimum Gasteiger partial charge on any atom is -0.383 e. The summed E-state index contributed by atoms with van der Waals surface area (Å²) in [4.78, 5) is 4.92. The maximum Gasteiger partial charge on any atom is 0.191 e. The van der Waals surface area contributed by atoms with Crippen LogP contribution in [-0.2, 0) is 16.8 Å². The Bertz CT molecular complexity index is 655. The quantitative estimate of drug-likeness (QED) is 0.345. The van der Waals surface area contributed by atoms with Crippen LogP contribution in [0.4, 0.5) is 0 Å². The molecule has 5 nitrogen and oxygen atoms in total. The van der Waals surface area contributed by atoms with E-state index in [9.17, 15) is 5.11 Å². The standard InChI is InChI=1S/C23H37N3O2/c1-3-24-21(25-17-22(12-7-8-13-22)15-16-28-4-2)26-18-23(27)14-11-19-9-5-6-10-20(19)23/h5-6,9-10,27H,3-4,7-8,11-18H2,1-2H3,(H2,24,25,26). The van der Waals surface area contributed by atoms with Gasteiger partial charge in [-0.3, -0.25) is 4.99 Å². The van der Waals surface area contributed by atoms with Gasteiger partial charge < -0.3 is 20.5 Å². The van der Waals surface area contributed by atoms with Gasteiger partial charge in [-0.1, -0.05) is 37.1 Å². The molecule has 3 rings (SSSR count). The fraction of sp³-hybridized carbons (Fsp3) is 0.696. The molecule has 156 valence electrons. The SMILES string of the molecule is CCNC(=NCC1(CCOCC)CCCC1)NCC1(O)CCc2ccccc21. The molecule has 0 spiro atoms. The molecule has 5 heteroatoms. The molecule has 2 aliphatic carbocycles. The van der Waals surface area contributed by atoms with Crippen LogP contribution >= 0.6 is 0 Å². The Hall–Kier alpha value is -1.59. The van der Waals surface area contributed by atoms with Gasteiger partial charge in [-0.05, 0) is 62.5 Å². The summed E-state index contributed by atoms with van der Waals surface area (Å²) in [7, 11) is 0. The van der Waals surface area contributed by atoms with Crippen molar-refractivity contribution in [2.75, 3.05) is 32.8 Å². The molecule has 1 aromatic rings. The van der Waals surface area contributed by atoms with Crippen molar-refractivity contribution in [2.45, 2.75) is 64.4 Å². The number of nitrogens with one attached hydrogen (secondary N) is 2.